The molecule has 3 rings (SSSR count). The summed E-state index contributed by atoms with van der Waals surface area (Å²) in [4.78, 5) is 13.5. The molecule has 106 heavy (non-hydrogen) atoms. The summed E-state index contributed by atoms with van der Waals surface area (Å²) in [5.74, 6) is -0.308. The summed E-state index contributed by atoms with van der Waals surface area (Å²) in [6.07, 6.45) is 67.2. The van der Waals surface area contributed by atoms with Gasteiger partial charge in [0.25, 0.3) is 0 Å². The van der Waals surface area contributed by atoms with Crippen molar-refractivity contribution < 1.29 is 89.4 Å². The van der Waals surface area contributed by atoms with Crippen LogP contribution >= 0.6 is 0 Å². The predicted octanol–water partition coefficient (Wildman–Crippen LogP) is 14.4. The first kappa shape index (κ1) is 96.1. The van der Waals surface area contributed by atoms with E-state index in [4.69, 9.17) is 28.4 Å². The lowest BCUT2D eigenvalue weighted by Crippen LogP contribution is -2.66. The lowest BCUT2D eigenvalue weighted by atomic mass is 9.96. The average molecular weight is 1500 g/mol. The van der Waals surface area contributed by atoms with E-state index in [1.54, 1.807) is 6.08 Å². The number of allylic oxidation sites excluding steroid dienone is 21. The third-order valence-corrected chi connectivity index (χ3v) is 19.7. The molecule has 3 fully saturated rings. The van der Waals surface area contributed by atoms with E-state index in [2.05, 4.69) is 141 Å². The molecule has 0 aromatic carbocycles. The quantitative estimate of drug-likeness (QED) is 0.0199. The molecule has 17 atom stereocenters. The Morgan fingerprint density at radius 3 is 1.06 bits per heavy atom. The second-order valence-electron chi connectivity index (χ2n) is 28.8. The number of carbonyl (C=O) groups is 1. The SMILES string of the molecule is CC/C=C\C/C=C\C/C=C\C/C=C\C/C=C\C/C=C\C/C=C\C/C=C\C/C=C\CCCCCCCC(=O)NC(COC1OC(CO)C(OC2OC(CO)C(OC3OC(CO)C(O)C(O)C3O)C(O)C2O)C(O)C1O)C(O)/C=C/CC/C=C/CCCCCCCCCCCCCCCCCCCCCCCC. The van der Waals surface area contributed by atoms with Crippen molar-refractivity contribution in [1.29, 1.82) is 0 Å². The normalized spacial score (nSPS) is 26.4. The molecule has 1 amide bonds. The number of nitrogens with one attached hydrogen (secondary N) is 1. The first-order valence-electron chi connectivity index (χ1n) is 41.4. The van der Waals surface area contributed by atoms with Crippen molar-refractivity contribution in [3.8, 4) is 0 Å². The van der Waals surface area contributed by atoms with Gasteiger partial charge in [-0.05, 0) is 103 Å². The zero-order chi connectivity index (χ0) is 76.7. The lowest BCUT2D eigenvalue weighted by Gasteiger charge is -2.48. The van der Waals surface area contributed by atoms with E-state index in [1.807, 2.05) is 6.08 Å². The largest absolute Gasteiger partial charge is 0.394 e. The van der Waals surface area contributed by atoms with E-state index in [9.17, 15) is 61.0 Å². The highest BCUT2D eigenvalue weighted by Gasteiger charge is 2.54. The fraction of sp³-hybridized carbons (Fsp3) is 0.736. The number of ether oxygens (including phenoxy) is 6. The van der Waals surface area contributed by atoms with E-state index in [1.165, 1.54) is 135 Å². The highest BCUT2D eigenvalue weighted by molar-refractivity contribution is 5.76. The smallest absolute Gasteiger partial charge is 0.220 e. The average Bonchev–Trinajstić information content (AvgIpc) is 0.781. The third-order valence-electron chi connectivity index (χ3n) is 19.7. The van der Waals surface area contributed by atoms with Crippen LogP contribution < -0.4 is 5.32 Å². The topological polar surface area (TPSA) is 307 Å². The van der Waals surface area contributed by atoms with Crippen molar-refractivity contribution in [2.45, 2.75) is 381 Å². The Hall–Kier alpha value is -4.07. The maximum absolute atomic E-state index is 13.5. The maximum Gasteiger partial charge on any atom is 0.220 e. The lowest BCUT2D eigenvalue weighted by molar-refractivity contribution is -0.379. The zero-order valence-corrected chi connectivity index (χ0v) is 65.1. The van der Waals surface area contributed by atoms with Crippen molar-refractivity contribution >= 4 is 5.91 Å². The van der Waals surface area contributed by atoms with Crippen molar-refractivity contribution in [3.63, 3.8) is 0 Å². The summed E-state index contributed by atoms with van der Waals surface area (Å²) in [7, 11) is 0. The van der Waals surface area contributed by atoms with Gasteiger partial charge in [0.15, 0.2) is 18.9 Å². The Labute approximate surface area is 639 Å². The number of aliphatic hydroxyl groups excluding tert-OH is 11. The first-order chi connectivity index (χ1) is 51.8. The summed E-state index contributed by atoms with van der Waals surface area (Å²) in [5, 5.41) is 121. The molecule has 17 unspecified atom stereocenters. The number of aliphatic hydroxyl groups is 11. The van der Waals surface area contributed by atoms with Crippen LogP contribution in [0.3, 0.4) is 0 Å². The van der Waals surface area contributed by atoms with Crippen LogP contribution in [0, 0.1) is 0 Å². The number of hydrogen-bond acceptors (Lipinski definition) is 18. The van der Waals surface area contributed by atoms with Crippen LogP contribution in [-0.2, 0) is 33.2 Å². The Balaban J connectivity index is 1.40. The second kappa shape index (κ2) is 65.6. The Morgan fingerprint density at radius 2 is 0.660 bits per heavy atom. The Kier molecular flexibility index (Phi) is 59.5. The van der Waals surface area contributed by atoms with Crippen molar-refractivity contribution in [2.24, 2.45) is 0 Å². The number of carbonyl (C=O) groups excluding carboxylic acids is 1. The van der Waals surface area contributed by atoms with Crippen molar-refractivity contribution in [2.75, 3.05) is 26.4 Å². The van der Waals surface area contributed by atoms with Gasteiger partial charge in [0, 0.05) is 6.42 Å². The van der Waals surface area contributed by atoms with Gasteiger partial charge in [0.1, 0.15) is 73.2 Å². The summed E-state index contributed by atoms with van der Waals surface area (Å²) < 4.78 is 34.4. The van der Waals surface area contributed by atoms with Crippen molar-refractivity contribution in [1.82, 2.24) is 5.32 Å². The number of unbranched alkanes of at least 4 members (excludes halogenated alkanes) is 28. The monoisotopic (exact) mass is 1490 g/mol. The van der Waals surface area contributed by atoms with Gasteiger partial charge in [-0.1, -0.05) is 302 Å². The molecule has 608 valence electrons. The summed E-state index contributed by atoms with van der Waals surface area (Å²) in [6, 6.07) is -1.01. The van der Waals surface area contributed by atoms with Gasteiger partial charge >= 0.3 is 0 Å². The summed E-state index contributed by atoms with van der Waals surface area (Å²) >= 11 is 0. The molecule has 3 saturated heterocycles. The Morgan fingerprint density at radius 1 is 0.349 bits per heavy atom. The van der Waals surface area contributed by atoms with Crippen LogP contribution in [0.5, 0.6) is 0 Å². The standard InChI is InChI=1S/C87H147NO18/c1-3-5-7-9-11-13-15-17-19-21-23-25-27-29-31-33-34-35-36-37-39-41-43-45-47-49-51-53-55-57-59-61-63-65-75(93)88-70(71(92)64-62-60-58-56-54-52-50-48-46-44-42-40-38-32-30-28-26-24-22-20-18-16-14-12-10-8-6-4-2)69-101-85-81(99)78(96)83(73(67-90)103-85)106-87-82(100)79(97)84(74(68-91)104-87)105-86-80(98)77(95)76(94)72(66-89)102-86/h5,7,11,13,17,19,23,25,29,31,34-35,37,39,43,45,49,51,54,56,62,64,70-74,76-87,89-92,94-100H,3-4,6,8-10,12,14-16,18,20-22,24,26-28,30,32-33,36,38,40-42,44,46-48,50,52-53,55,57-61,63,65-69H2,1-2H3,(H,88,93)/b7-5-,13-11-,19-17-,25-23-,31-29-,35-34-,39-37-,45-43-,51-49-,56-54+,64-62+. The fourth-order valence-corrected chi connectivity index (χ4v) is 13.1. The predicted molar refractivity (Wildman–Crippen MR) is 424 cm³/mol. The van der Waals surface area contributed by atoms with E-state index in [0.29, 0.717) is 12.8 Å². The number of rotatable bonds is 64. The third kappa shape index (κ3) is 44.7. The minimum absolute atomic E-state index is 0.204. The van der Waals surface area contributed by atoms with Gasteiger partial charge in [-0.25, -0.2) is 0 Å². The van der Waals surface area contributed by atoms with E-state index >= 15 is 0 Å². The Bertz CT molecular complexity index is 2440. The molecule has 0 radical (unpaired) electrons. The van der Waals surface area contributed by atoms with Gasteiger partial charge in [-0.3, -0.25) is 4.79 Å². The minimum atomic E-state index is -1.99. The first-order valence-corrected chi connectivity index (χ1v) is 41.4. The number of hydrogen-bond donors (Lipinski definition) is 12. The summed E-state index contributed by atoms with van der Waals surface area (Å²) in [5.41, 5.74) is 0. The molecule has 0 spiro atoms. The van der Waals surface area contributed by atoms with E-state index in [-0.39, 0.29) is 18.9 Å². The van der Waals surface area contributed by atoms with Crippen LogP contribution in [-0.4, -0.2) is 193 Å². The van der Waals surface area contributed by atoms with Crippen LogP contribution in [0.15, 0.2) is 134 Å². The van der Waals surface area contributed by atoms with Crippen molar-refractivity contribution in [3.05, 3.63) is 134 Å². The molecule has 19 nitrogen and oxygen atoms in total. The van der Waals surface area contributed by atoms with Crippen LogP contribution in [0.1, 0.15) is 277 Å². The van der Waals surface area contributed by atoms with Crippen LogP contribution in [0.4, 0.5) is 0 Å². The molecule has 0 aromatic heterocycles. The molecule has 3 aliphatic heterocycles. The van der Waals surface area contributed by atoms with Gasteiger partial charge in [-0.2, -0.15) is 0 Å². The molecule has 0 aliphatic carbocycles. The molecule has 3 aliphatic rings. The van der Waals surface area contributed by atoms with E-state index in [0.717, 1.165) is 109 Å². The molecule has 3 heterocycles. The van der Waals surface area contributed by atoms with Gasteiger partial charge in [-0.15, -0.1) is 0 Å². The maximum atomic E-state index is 13.5. The van der Waals surface area contributed by atoms with Crippen LogP contribution in [0.2, 0.25) is 0 Å². The van der Waals surface area contributed by atoms with E-state index < -0.39 is 124 Å². The molecule has 0 bridgehead atoms. The zero-order valence-electron chi connectivity index (χ0n) is 65.1. The molecular formula is C87H147NO18. The molecule has 0 saturated carbocycles. The summed E-state index contributed by atoms with van der Waals surface area (Å²) in [6.45, 7) is 1.60. The highest BCUT2D eigenvalue weighted by Crippen LogP contribution is 2.33. The molecule has 0 aromatic rings. The second-order valence-corrected chi connectivity index (χ2v) is 28.8. The van der Waals surface area contributed by atoms with Gasteiger partial charge < -0.3 is 89.9 Å². The van der Waals surface area contributed by atoms with Crippen LogP contribution in [0.25, 0.3) is 0 Å². The molecule has 19 heteroatoms. The molecule has 12 N–H and O–H groups in total. The molecular weight excluding hydrogens is 1350 g/mol. The fourth-order valence-electron chi connectivity index (χ4n) is 13.1. The minimum Gasteiger partial charge on any atom is -0.394 e. The number of amides is 1. The van der Waals surface area contributed by atoms with Gasteiger partial charge in [0.05, 0.1) is 38.6 Å². The highest BCUT2D eigenvalue weighted by atomic mass is 16.8. The van der Waals surface area contributed by atoms with Gasteiger partial charge in [0.2, 0.25) is 5.91 Å².